The maximum atomic E-state index is 12.5. The van der Waals surface area contributed by atoms with E-state index in [0.717, 1.165) is 47.9 Å². The number of carbonyl (C=O) groups excluding carboxylic acids is 1. The Morgan fingerprint density at radius 2 is 1.93 bits per heavy atom. The van der Waals surface area contributed by atoms with Gasteiger partial charge in [-0.2, -0.15) is 5.26 Å². The van der Waals surface area contributed by atoms with E-state index in [9.17, 15) is 4.79 Å². The number of piperidine rings is 1. The van der Waals surface area contributed by atoms with Crippen molar-refractivity contribution in [3.63, 3.8) is 0 Å². The van der Waals surface area contributed by atoms with Gasteiger partial charge in [0.05, 0.1) is 28.8 Å². The summed E-state index contributed by atoms with van der Waals surface area (Å²) in [5, 5.41) is 15.5. The number of amides is 1. The van der Waals surface area contributed by atoms with Gasteiger partial charge in [0.2, 0.25) is 5.91 Å². The Hall–Kier alpha value is -2.88. The average Bonchev–Trinajstić information content (AvgIpc) is 3.22. The number of halogens is 1. The number of nitrogens with zero attached hydrogens (tertiary/aromatic N) is 3. The number of aromatic nitrogens is 1. The molecule has 152 valence electrons. The molecule has 2 aromatic carbocycles. The van der Waals surface area contributed by atoms with Crippen molar-refractivity contribution < 1.29 is 4.79 Å². The fourth-order valence-corrected chi connectivity index (χ4v) is 4.76. The molecular formula is C23H21ClN4OS. The second-order valence-electron chi connectivity index (χ2n) is 7.29. The highest BCUT2D eigenvalue weighted by Gasteiger charge is 2.21. The van der Waals surface area contributed by atoms with Gasteiger partial charge in [-0.3, -0.25) is 4.79 Å². The molecule has 30 heavy (non-hydrogen) atoms. The summed E-state index contributed by atoms with van der Waals surface area (Å²) in [6, 6.07) is 17.6. The van der Waals surface area contributed by atoms with E-state index in [0.29, 0.717) is 10.6 Å². The third-order valence-corrected chi connectivity index (χ3v) is 6.47. The number of hydrogen-bond donors (Lipinski definition) is 1. The first-order chi connectivity index (χ1) is 14.6. The Morgan fingerprint density at radius 3 is 2.63 bits per heavy atom. The van der Waals surface area contributed by atoms with Crippen LogP contribution < -0.4 is 10.2 Å². The molecule has 3 aromatic rings. The van der Waals surface area contributed by atoms with Crippen molar-refractivity contribution in [3.8, 4) is 16.6 Å². The molecule has 1 aliphatic rings. The van der Waals surface area contributed by atoms with Crippen molar-refractivity contribution in [2.24, 2.45) is 0 Å². The van der Waals surface area contributed by atoms with Crippen LogP contribution in [0.5, 0.6) is 0 Å². The number of nitrogens with one attached hydrogen (secondary N) is 1. The number of hydrogen-bond acceptors (Lipinski definition) is 5. The molecule has 4 rings (SSSR count). The van der Waals surface area contributed by atoms with Crippen molar-refractivity contribution in [3.05, 3.63) is 70.2 Å². The molecule has 1 aromatic heterocycles. The van der Waals surface area contributed by atoms with E-state index in [-0.39, 0.29) is 18.4 Å². The zero-order valence-electron chi connectivity index (χ0n) is 16.3. The molecule has 0 saturated carbocycles. The Bertz CT molecular complexity index is 1070. The topological polar surface area (TPSA) is 69.0 Å². The second kappa shape index (κ2) is 9.29. The lowest BCUT2D eigenvalue weighted by Gasteiger charge is -2.34. The molecule has 0 spiro atoms. The first kappa shape index (κ1) is 20.4. The van der Waals surface area contributed by atoms with Gasteiger partial charge in [0.1, 0.15) is 5.01 Å². The minimum absolute atomic E-state index is 0.00262. The summed E-state index contributed by atoms with van der Waals surface area (Å²) < 4.78 is 0. The number of nitriles is 1. The van der Waals surface area contributed by atoms with Crippen LogP contribution in [0.1, 0.15) is 24.1 Å². The average molecular weight is 437 g/mol. The zero-order chi connectivity index (χ0) is 20.9. The molecule has 1 fully saturated rings. The summed E-state index contributed by atoms with van der Waals surface area (Å²) in [4.78, 5) is 19.4. The van der Waals surface area contributed by atoms with Gasteiger partial charge in [-0.1, -0.05) is 29.8 Å². The Kier molecular flexibility index (Phi) is 6.32. The predicted octanol–water partition coefficient (Wildman–Crippen LogP) is 4.66. The van der Waals surface area contributed by atoms with Crippen molar-refractivity contribution in [2.75, 3.05) is 18.0 Å². The molecule has 5 nitrogen and oxygen atoms in total. The van der Waals surface area contributed by atoms with Crippen molar-refractivity contribution in [2.45, 2.75) is 25.3 Å². The molecule has 0 atom stereocenters. The first-order valence-corrected chi connectivity index (χ1v) is 11.1. The van der Waals surface area contributed by atoms with Gasteiger partial charge >= 0.3 is 0 Å². The van der Waals surface area contributed by atoms with E-state index in [1.165, 1.54) is 11.3 Å². The molecule has 0 radical (unpaired) electrons. The number of thiazole rings is 1. The zero-order valence-corrected chi connectivity index (χ0v) is 17.9. The van der Waals surface area contributed by atoms with Crippen LogP contribution in [0.25, 0.3) is 10.6 Å². The summed E-state index contributed by atoms with van der Waals surface area (Å²) in [5.41, 5.74) is 3.45. The minimum Gasteiger partial charge on any atom is -0.371 e. The van der Waals surface area contributed by atoms with Crippen LogP contribution in [0.4, 0.5) is 5.69 Å². The van der Waals surface area contributed by atoms with E-state index in [4.69, 9.17) is 16.9 Å². The van der Waals surface area contributed by atoms with Crippen LogP contribution in [-0.4, -0.2) is 30.0 Å². The Balaban J connectivity index is 1.28. The van der Waals surface area contributed by atoms with Crippen LogP contribution in [0, 0.1) is 11.3 Å². The maximum absolute atomic E-state index is 12.5. The molecule has 1 N–H and O–H groups in total. The lowest BCUT2D eigenvalue weighted by molar-refractivity contribution is -0.121. The summed E-state index contributed by atoms with van der Waals surface area (Å²) in [5.74, 6) is 0.00262. The van der Waals surface area contributed by atoms with Crippen molar-refractivity contribution >= 4 is 34.5 Å². The number of rotatable bonds is 5. The molecule has 7 heteroatoms. The van der Waals surface area contributed by atoms with Gasteiger partial charge in [-0.25, -0.2) is 4.98 Å². The van der Waals surface area contributed by atoms with E-state index in [1.807, 2.05) is 53.9 Å². The van der Waals surface area contributed by atoms with Crippen LogP contribution in [0.3, 0.4) is 0 Å². The highest BCUT2D eigenvalue weighted by molar-refractivity contribution is 7.13. The highest BCUT2D eigenvalue weighted by atomic mass is 35.5. The van der Waals surface area contributed by atoms with Crippen molar-refractivity contribution in [1.82, 2.24) is 10.3 Å². The highest BCUT2D eigenvalue weighted by Crippen LogP contribution is 2.30. The largest absolute Gasteiger partial charge is 0.371 e. The third-order valence-electron chi connectivity index (χ3n) is 5.22. The Labute approximate surface area is 184 Å². The van der Waals surface area contributed by atoms with Crippen LogP contribution in [0.2, 0.25) is 5.02 Å². The SMILES string of the molecule is N#Cc1ccc(N2CCC(NC(=O)Cc3csc(-c4ccccc4Cl)n3)CC2)cc1. The smallest absolute Gasteiger partial charge is 0.226 e. The lowest BCUT2D eigenvalue weighted by atomic mass is 10.0. The fraction of sp³-hybridized carbons (Fsp3) is 0.261. The van der Waals surface area contributed by atoms with Crippen LogP contribution >= 0.6 is 22.9 Å². The molecule has 1 amide bonds. The van der Waals surface area contributed by atoms with Gasteiger partial charge in [0, 0.05) is 35.8 Å². The first-order valence-electron chi connectivity index (χ1n) is 9.86. The number of anilines is 1. The van der Waals surface area contributed by atoms with Crippen LogP contribution in [0.15, 0.2) is 53.9 Å². The molecule has 1 aliphatic heterocycles. The van der Waals surface area contributed by atoms with Crippen molar-refractivity contribution in [1.29, 1.82) is 5.26 Å². The minimum atomic E-state index is 0.00262. The molecule has 1 saturated heterocycles. The van der Waals surface area contributed by atoms with E-state index >= 15 is 0 Å². The monoisotopic (exact) mass is 436 g/mol. The molecule has 2 heterocycles. The Morgan fingerprint density at radius 1 is 1.20 bits per heavy atom. The van der Waals surface area contributed by atoms with Crippen LogP contribution in [-0.2, 0) is 11.2 Å². The molecule has 0 bridgehead atoms. The summed E-state index contributed by atoms with van der Waals surface area (Å²) in [6.45, 7) is 1.76. The molecule has 0 aliphatic carbocycles. The van der Waals surface area contributed by atoms with E-state index in [2.05, 4.69) is 21.3 Å². The van der Waals surface area contributed by atoms with Gasteiger partial charge in [-0.15, -0.1) is 11.3 Å². The van der Waals surface area contributed by atoms with Gasteiger partial charge in [-0.05, 0) is 43.2 Å². The summed E-state index contributed by atoms with van der Waals surface area (Å²) in [6.07, 6.45) is 2.07. The fourth-order valence-electron chi connectivity index (χ4n) is 3.62. The van der Waals surface area contributed by atoms with E-state index < -0.39 is 0 Å². The standard InChI is InChI=1S/C23H21ClN4OS/c24-21-4-2-1-3-20(21)23-27-18(15-30-23)13-22(29)26-17-9-11-28(12-10-17)19-7-5-16(14-25)6-8-19/h1-8,15,17H,9-13H2,(H,26,29). The normalized spacial score (nSPS) is 14.3. The van der Waals surface area contributed by atoms with Gasteiger partial charge < -0.3 is 10.2 Å². The number of carbonyl (C=O) groups is 1. The molecule has 0 unspecified atom stereocenters. The van der Waals surface area contributed by atoms with Gasteiger partial charge in [0.15, 0.2) is 0 Å². The molecular weight excluding hydrogens is 416 g/mol. The predicted molar refractivity (Wildman–Crippen MR) is 121 cm³/mol. The van der Waals surface area contributed by atoms with E-state index in [1.54, 1.807) is 0 Å². The number of benzene rings is 2. The summed E-state index contributed by atoms with van der Waals surface area (Å²) >= 11 is 7.75. The quantitative estimate of drug-likeness (QED) is 0.631. The summed E-state index contributed by atoms with van der Waals surface area (Å²) in [7, 11) is 0. The second-order valence-corrected chi connectivity index (χ2v) is 8.55. The maximum Gasteiger partial charge on any atom is 0.226 e. The third kappa shape index (κ3) is 4.81. The lowest BCUT2D eigenvalue weighted by Crippen LogP contribution is -2.45. The van der Waals surface area contributed by atoms with Gasteiger partial charge in [0.25, 0.3) is 0 Å².